The number of imidazole rings is 1. The molecule has 7 nitrogen and oxygen atoms in total. The van der Waals surface area contributed by atoms with Crippen LogP contribution in [0.1, 0.15) is 21.7 Å². The van der Waals surface area contributed by atoms with E-state index < -0.39 is 0 Å². The minimum atomic E-state index is -0.379. The fraction of sp³-hybridized carbons (Fsp3) is 0.250. The normalized spacial score (nSPS) is 10.7. The van der Waals surface area contributed by atoms with E-state index in [-0.39, 0.29) is 12.6 Å². The van der Waals surface area contributed by atoms with Crippen molar-refractivity contribution in [2.45, 2.75) is 20.4 Å². The number of nitrogens with zero attached hydrogens (tertiary/aromatic N) is 5. The summed E-state index contributed by atoms with van der Waals surface area (Å²) in [4.78, 5) is 20.3. The van der Waals surface area contributed by atoms with Gasteiger partial charge in [0.1, 0.15) is 18.8 Å². The van der Waals surface area contributed by atoms with Gasteiger partial charge in [-0.3, -0.25) is 9.25 Å². The maximum atomic E-state index is 12.1. The van der Waals surface area contributed by atoms with Crippen molar-refractivity contribution >= 4 is 5.97 Å². The van der Waals surface area contributed by atoms with E-state index in [2.05, 4.69) is 15.1 Å². The van der Waals surface area contributed by atoms with Gasteiger partial charge in [0.15, 0.2) is 0 Å². The molecule has 3 aromatic rings. The molecule has 3 aromatic heterocycles. The van der Waals surface area contributed by atoms with Crippen LogP contribution in [0.15, 0.2) is 43.1 Å². The Morgan fingerprint density at radius 3 is 2.83 bits per heavy atom. The third-order valence-electron chi connectivity index (χ3n) is 3.39. The zero-order valence-electron chi connectivity index (χ0n) is 13.0. The van der Waals surface area contributed by atoms with Crippen molar-refractivity contribution in [2.75, 3.05) is 6.61 Å². The van der Waals surface area contributed by atoms with E-state index in [1.165, 1.54) is 0 Å². The van der Waals surface area contributed by atoms with E-state index in [1.807, 2.05) is 24.6 Å². The molecule has 0 fully saturated rings. The predicted molar refractivity (Wildman–Crippen MR) is 83.3 cm³/mol. The number of esters is 1. The second-order valence-electron chi connectivity index (χ2n) is 5.16. The van der Waals surface area contributed by atoms with Crippen molar-refractivity contribution in [3.8, 4) is 5.82 Å². The lowest BCUT2D eigenvalue weighted by Gasteiger charge is -2.07. The van der Waals surface area contributed by atoms with Crippen LogP contribution in [0, 0.1) is 13.8 Å². The monoisotopic (exact) mass is 311 g/mol. The number of carbonyl (C=O) groups is 1. The lowest BCUT2D eigenvalue weighted by Crippen LogP contribution is -2.13. The van der Waals surface area contributed by atoms with Crippen LogP contribution in [-0.4, -0.2) is 36.9 Å². The molecule has 0 saturated heterocycles. The second kappa shape index (κ2) is 6.43. The minimum absolute atomic E-state index is 0.267. The molecule has 0 aliphatic heterocycles. The molecule has 3 rings (SSSR count). The van der Waals surface area contributed by atoms with Crippen molar-refractivity contribution in [2.24, 2.45) is 0 Å². The number of aryl methyl sites for hydroxylation is 2. The summed E-state index contributed by atoms with van der Waals surface area (Å²) < 4.78 is 8.87. The van der Waals surface area contributed by atoms with Gasteiger partial charge >= 0.3 is 5.97 Å². The first kappa shape index (κ1) is 15.0. The zero-order valence-corrected chi connectivity index (χ0v) is 13.0. The van der Waals surface area contributed by atoms with Gasteiger partial charge in [-0.15, -0.1) is 0 Å². The van der Waals surface area contributed by atoms with Crippen molar-refractivity contribution in [3.63, 3.8) is 0 Å². The lowest BCUT2D eigenvalue weighted by molar-refractivity contribution is 0.0486. The highest BCUT2D eigenvalue weighted by atomic mass is 16.5. The highest BCUT2D eigenvalue weighted by molar-refractivity contribution is 5.89. The maximum absolute atomic E-state index is 12.1. The van der Waals surface area contributed by atoms with Crippen LogP contribution in [0.3, 0.4) is 0 Å². The number of carbonyl (C=O) groups excluding carboxylic acids is 1. The number of pyridine rings is 1. The van der Waals surface area contributed by atoms with Gasteiger partial charge in [0, 0.05) is 24.3 Å². The van der Waals surface area contributed by atoms with E-state index in [0.717, 1.165) is 11.4 Å². The molecule has 0 amide bonds. The first-order valence-electron chi connectivity index (χ1n) is 7.26. The number of hydrogen-bond donors (Lipinski definition) is 0. The maximum Gasteiger partial charge on any atom is 0.338 e. The first-order valence-corrected chi connectivity index (χ1v) is 7.26. The Hall–Kier alpha value is -2.96. The van der Waals surface area contributed by atoms with Crippen LogP contribution in [0.25, 0.3) is 5.82 Å². The Morgan fingerprint density at radius 1 is 1.26 bits per heavy atom. The summed E-state index contributed by atoms with van der Waals surface area (Å²) in [6, 6.07) is 5.29. The van der Waals surface area contributed by atoms with Crippen molar-refractivity contribution in [1.82, 2.24) is 24.3 Å². The summed E-state index contributed by atoms with van der Waals surface area (Å²) in [5.41, 5.74) is 2.45. The molecule has 0 saturated carbocycles. The fourth-order valence-electron chi connectivity index (χ4n) is 2.29. The van der Waals surface area contributed by atoms with Gasteiger partial charge in [-0.1, -0.05) is 0 Å². The zero-order chi connectivity index (χ0) is 16.2. The number of hydrogen-bond acceptors (Lipinski definition) is 5. The Bertz CT molecular complexity index is 808. The quantitative estimate of drug-likeness (QED) is 0.673. The van der Waals surface area contributed by atoms with E-state index in [1.54, 1.807) is 41.6 Å². The average molecular weight is 311 g/mol. The van der Waals surface area contributed by atoms with E-state index in [4.69, 9.17) is 4.74 Å². The van der Waals surface area contributed by atoms with Crippen LogP contribution in [-0.2, 0) is 11.3 Å². The van der Waals surface area contributed by atoms with Crippen LogP contribution < -0.4 is 0 Å². The molecule has 0 aromatic carbocycles. The second-order valence-corrected chi connectivity index (χ2v) is 5.16. The molecule has 3 heterocycles. The number of rotatable bonds is 5. The molecule has 118 valence electrons. The standard InChI is InChI=1S/C16H17N5O2/c1-12-9-13(2)21(19-12)7-8-23-16(22)14-3-4-18-15(10-14)20-6-5-17-11-20/h3-6,9-11H,7-8H2,1-2H3. The first-order chi connectivity index (χ1) is 11.1. The van der Waals surface area contributed by atoms with E-state index >= 15 is 0 Å². The Balaban J connectivity index is 1.62. The highest BCUT2D eigenvalue weighted by Gasteiger charge is 2.10. The third-order valence-corrected chi connectivity index (χ3v) is 3.39. The van der Waals surface area contributed by atoms with Gasteiger partial charge in [0.25, 0.3) is 0 Å². The van der Waals surface area contributed by atoms with Gasteiger partial charge in [0.2, 0.25) is 0 Å². The van der Waals surface area contributed by atoms with Gasteiger partial charge in [-0.25, -0.2) is 14.8 Å². The largest absolute Gasteiger partial charge is 0.460 e. The lowest BCUT2D eigenvalue weighted by atomic mass is 10.2. The molecule has 0 spiro atoms. The molecule has 0 aliphatic rings. The average Bonchev–Trinajstić information content (AvgIpc) is 3.17. The fourth-order valence-corrected chi connectivity index (χ4v) is 2.29. The van der Waals surface area contributed by atoms with Gasteiger partial charge < -0.3 is 4.74 Å². The summed E-state index contributed by atoms with van der Waals surface area (Å²) in [5.74, 6) is 0.241. The smallest absolute Gasteiger partial charge is 0.338 e. The summed E-state index contributed by atoms with van der Waals surface area (Å²) in [7, 11) is 0. The molecule has 23 heavy (non-hydrogen) atoms. The summed E-state index contributed by atoms with van der Waals surface area (Å²) in [6.45, 7) is 4.71. The molecule has 0 unspecified atom stereocenters. The third kappa shape index (κ3) is 3.45. The summed E-state index contributed by atoms with van der Waals surface area (Å²) in [6.07, 6.45) is 6.62. The van der Waals surface area contributed by atoms with E-state index in [9.17, 15) is 4.79 Å². The Kier molecular flexibility index (Phi) is 4.18. The van der Waals surface area contributed by atoms with E-state index in [0.29, 0.717) is 17.9 Å². The highest BCUT2D eigenvalue weighted by Crippen LogP contribution is 2.08. The van der Waals surface area contributed by atoms with Gasteiger partial charge in [-0.2, -0.15) is 5.10 Å². The van der Waals surface area contributed by atoms with Gasteiger partial charge in [-0.05, 0) is 32.0 Å². The topological polar surface area (TPSA) is 74.8 Å². The molecule has 0 atom stereocenters. The predicted octanol–water partition coefficient (Wildman–Crippen LogP) is 1.94. The molecule has 7 heteroatoms. The molecule has 0 aliphatic carbocycles. The van der Waals surface area contributed by atoms with Crippen molar-refractivity contribution < 1.29 is 9.53 Å². The molecular weight excluding hydrogens is 294 g/mol. The van der Waals surface area contributed by atoms with Gasteiger partial charge in [0.05, 0.1) is 17.8 Å². The summed E-state index contributed by atoms with van der Waals surface area (Å²) in [5, 5.41) is 4.33. The molecule has 0 radical (unpaired) electrons. The summed E-state index contributed by atoms with van der Waals surface area (Å²) >= 11 is 0. The minimum Gasteiger partial charge on any atom is -0.460 e. The Labute approximate surface area is 133 Å². The van der Waals surface area contributed by atoms with Crippen LogP contribution >= 0.6 is 0 Å². The van der Waals surface area contributed by atoms with Crippen LogP contribution in [0.2, 0.25) is 0 Å². The Morgan fingerprint density at radius 2 is 2.13 bits per heavy atom. The van der Waals surface area contributed by atoms with Crippen LogP contribution in [0.5, 0.6) is 0 Å². The SMILES string of the molecule is Cc1cc(C)n(CCOC(=O)c2ccnc(-n3ccnc3)c2)n1. The number of aromatic nitrogens is 5. The van der Waals surface area contributed by atoms with Crippen LogP contribution in [0.4, 0.5) is 0 Å². The number of ether oxygens (including phenoxy) is 1. The van der Waals surface area contributed by atoms with Crippen molar-refractivity contribution in [1.29, 1.82) is 0 Å². The molecule has 0 bridgehead atoms. The van der Waals surface area contributed by atoms with Crippen molar-refractivity contribution in [3.05, 3.63) is 60.1 Å². The molecule has 0 N–H and O–H groups in total. The molecular formula is C16H17N5O2.